The van der Waals surface area contributed by atoms with Gasteiger partial charge in [0, 0.05) is 29.4 Å². The van der Waals surface area contributed by atoms with Crippen molar-refractivity contribution < 1.29 is 5.11 Å². The largest absolute Gasteiger partial charge is 0.507 e. The van der Waals surface area contributed by atoms with E-state index in [1.165, 1.54) is 41.4 Å². The highest BCUT2D eigenvalue weighted by molar-refractivity contribution is 7.56. The minimum Gasteiger partial charge on any atom is -0.507 e. The van der Waals surface area contributed by atoms with E-state index < -0.39 is 0 Å². The van der Waals surface area contributed by atoms with Crippen LogP contribution in [0.25, 0.3) is 0 Å². The number of nitrogens with zero attached hydrogens (tertiary/aromatic N) is 1. The third kappa shape index (κ3) is 3.44. The Balaban J connectivity index is 1.94. The Bertz CT molecular complexity index is 662. The molecule has 1 N–H and O–H groups in total. The van der Waals surface area contributed by atoms with Crippen molar-refractivity contribution in [3.63, 3.8) is 0 Å². The molecule has 3 heteroatoms. The van der Waals surface area contributed by atoms with Crippen LogP contribution in [-0.4, -0.2) is 18.2 Å². The molecule has 1 atom stereocenters. The number of benzene rings is 2. The van der Waals surface area contributed by atoms with Gasteiger partial charge in [0.2, 0.25) is 0 Å². The van der Waals surface area contributed by atoms with Gasteiger partial charge in [0.1, 0.15) is 5.75 Å². The van der Waals surface area contributed by atoms with Crippen LogP contribution >= 0.6 is 8.58 Å². The molecule has 22 heavy (non-hydrogen) atoms. The topological polar surface area (TPSA) is 23.5 Å². The summed E-state index contributed by atoms with van der Waals surface area (Å²) >= 11 is 0. The van der Waals surface area contributed by atoms with Gasteiger partial charge in [-0.1, -0.05) is 32.3 Å². The van der Waals surface area contributed by atoms with E-state index in [1.54, 1.807) is 0 Å². The molecule has 1 saturated heterocycles. The summed E-state index contributed by atoms with van der Waals surface area (Å²) in [6.45, 7) is 6.54. The smallest absolute Gasteiger partial charge is 0.123 e. The molecule has 0 aliphatic carbocycles. The van der Waals surface area contributed by atoms with Gasteiger partial charge in [-0.15, -0.1) is 0 Å². The quantitative estimate of drug-likeness (QED) is 0.875. The molecule has 1 aliphatic rings. The van der Waals surface area contributed by atoms with Crippen LogP contribution < -0.4 is 15.5 Å². The van der Waals surface area contributed by atoms with Gasteiger partial charge in [-0.05, 0) is 56.9 Å². The second kappa shape index (κ2) is 6.71. The summed E-state index contributed by atoms with van der Waals surface area (Å²) in [5.41, 5.74) is 3.87. The van der Waals surface area contributed by atoms with Gasteiger partial charge in [-0.2, -0.15) is 0 Å². The van der Waals surface area contributed by atoms with Gasteiger partial charge < -0.3 is 10.0 Å². The molecule has 1 heterocycles. The lowest BCUT2D eigenvalue weighted by Gasteiger charge is -2.31. The van der Waals surface area contributed by atoms with E-state index in [-0.39, 0.29) is 0 Å². The molecular formula is C19H24NOP. The van der Waals surface area contributed by atoms with Crippen LogP contribution in [0.5, 0.6) is 5.75 Å². The maximum absolute atomic E-state index is 10.1. The van der Waals surface area contributed by atoms with Crippen LogP contribution in [0.15, 0.2) is 36.4 Å². The lowest BCUT2D eigenvalue weighted by Crippen LogP contribution is -2.32. The second-order valence-corrected chi connectivity index (χ2v) is 7.54. The summed E-state index contributed by atoms with van der Waals surface area (Å²) in [7, 11) is 0.500. The highest BCUT2D eigenvalue weighted by atomic mass is 31.1. The first-order chi connectivity index (χ1) is 10.6. The molecule has 0 amide bonds. The number of hydrogen-bond acceptors (Lipinski definition) is 2. The molecule has 3 rings (SSSR count). The maximum Gasteiger partial charge on any atom is 0.123 e. The number of aryl methyl sites for hydroxylation is 2. The third-order valence-corrected chi connectivity index (χ3v) is 5.63. The Morgan fingerprint density at radius 1 is 0.864 bits per heavy atom. The fourth-order valence-corrected chi connectivity index (χ4v) is 4.37. The standard InChI is InChI=1S/C19H24NOP/c1-14-7-9-18(16(12-14)20-10-4-3-5-11-20)22-19-13-15(2)6-8-17(19)21/h6-9,12-13,21-22H,3-5,10-11H2,1-2H3. The van der Waals surface area contributed by atoms with E-state index in [0.29, 0.717) is 14.3 Å². The molecule has 2 aromatic rings. The van der Waals surface area contributed by atoms with E-state index in [1.807, 2.05) is 12.1 Å². The van der Waals surface area contributed by atoms with Crippen molar-refractivity contribution in [1.82, 2.24) is 0 Å². The molecule has 0 aromatic heterocycles. The fraction of sp³-hybridized carbons (Fsp3) is 0.368. The van der Waals surface area contributed by atoms with Crippen LogP contribution in [0.2, 0.25) is 0 Å². The van der Waals surface area contributed by atoms with Gasteiger partial charge in [0.15, 0.2) is 0 Å². The Kier molecular flexibility index (Phi) is 4.69. The second-order valence-electron chi connectivity index (χ2n) is 6.21. The number of piperidine rings is 1. The summed E-state index contributed by atoms with van der Waals surface area (Å²) in [6, 6.07) is 12.6. The summed E-state index contributed by atoms with van der Waals surface area (Å²) in [6.07, 6.45) is 3.91. The van der Waals surface area contributed by atoms with Crippen molar-refractivity contribution >= 4 is 24.9 Å². The van der Waals surface area contributed by atoms with Crippen LogP contribution in [-0.2, 0) is 0 Å². The molecule has 2 nitrogen and oxygen atoms in total. The monoisotopic (exact) mass is 313 g/mol. The van der Waals surface area contributed by atoms with E-state index in [0.717, 1.165) is 18.4 Å². The number of hydrogen-bond donors (Lipinski definition) is 1. The first kappa shape index (κ1) is 15.4. The zero-order chi connectivity index (χ0) is 15.5. The van der Waals surface area contributed by atoms with Crippen molar-refractivity contribution in [2.75, 3.05) is 18.0 Å². The zero-order valence-electron chi connectivity index (χ0n) is 13.4. The average molecular weight is 313 g/mol. The predicted molar refractivity (Wildman–Crippen MR) is 97.7 cm³/mol. The van der Waals surface area contributed by atoms with E-state index in [2.05, 4.69) is 43.0 Å². The van der Waals surface area contributed by atoms with Crippen LogP contribution in [0.4, 0.5) is 5.69 Å². The summed E-state index contributed by atoms with van der Waals surface area (Å²) in [4.78, 5) is 2.52. The SMILES string of the molecule is Cc1ccc(O)c(Pc2ccc(C)cc2N2CCCCC2)c1. The lowest BCUT2D eigenvalue weighted by molar-refractivity contribution is 0.479. The van der Waals surface area contributed by atoms with E-state index in [4.69, 9.17) is 0 Å². The van der Waals surface area contributed by atoms with Crippen molar-refractivity contribution in [3.05, 3.63) is 47.5 Å². The molecule has 1 unspecified atom stereocenters. The third-order valence-electron chi connectivity index (χ3n) is 4.27. The molecule has 0 radical (unpaired) electrons. The molecule has 1 fully saturated rings. The first-order valence-corrected chi connectivity index (χ1v) is 9.06. The Morgan fingerprint density at radius 2 is 1.55 bits per heavy atom. The number of phenolic OH excluding ortho intramolecular Hbond substituents is 1. The van der Waals surface area contributed by atoms with Gasteiger partial charge >= 0.3 is 0 Å². The van der Waals surface area contributed by atoms with Crippen LogP contribution in [0.1, 0.15) is 30.4 Å². The summed E-state index contributed by atoms with van der Waals surface area (Å²) < 4.78 is 0. The van der Waals surface area contributed by atoms with Gasteiger partial charge in [-0.25, -0.2) is 0 Å². The van der Waals surface area contributed by atoms with Crippen molar-refractivity contribution in [2.45, 2.75) is 33.1 Å². The molecular weight excluding hydrogens is 289 g/mol. The maximum atomic E-state index is 10.1. The Hall–Kier alpha value is -1.53. The lowest BCUT2D eigenvalue weighted by atomic mass is 10.1. The normalized spacial score (nSPS) is 15.6. The van der Waals surface area contributed by atoms with Crippen LogP contribution in [0.3, 0.4) is 0 Å². The number of rotatable bonds is 3. The fourth-order valence-electron chi connectivity index (χ4n) is 3.04. The van der Waals surface area contributed by atoms with E-state index >= 15 is 0 Å². The zero-order valence-corrected chi connectivity index (χ0v) is 14.4. The van der Waals surface area contributed by atoms with Gasteiger partial charge in [-0.3, -0.25) is 0 Å². The minimum absolute atomic E-state index is 0.411. The van der Waals surface area contributed by atoms with Crippen molar-refractivity contribution in [1.29, 1.82) is 0 Å². The number of phenols is 1. The number of anilines is 1. The average Bonchev–Trinajstić information content (AvgIpc) is 2.53. The highest BCUT2D eigenvalue weighted by Gasteiger charge is 2.16. The van der Waals surface area contributed by atoms with Crippen molar-refractivity contribution in [3.8, 4) is 5.75 Å². The molecule has 0 spiro atoms. The Labute approximate surface area is 135 Å². The Morgan fingerprint density at radius 3 is 2.32 bits per heavy atom. The highest BCUT2D eigenvalue weighted by Crippen LogP contribution is 2.27. The van der Waals surface area contributed by atoms with E-state index in [9.17, 15) is 5.11 Å². The summed E-state index contributed by atoms with van der Waals surface area (Å²) in [5.74, 6) is 0.411. The predicted octanol–water partition coefficient (Wildman–Crippen LogP) is 3.63. The van der Waals surface area contributed by atoms with Gasteiger partial charge in [0.25, 0.3) is 0 Å². The minimum atomic E-state index is 0.411. The first-order valence-electron chi connectivity index (χ1n) is 8.06. The molecule has 0 bridgehead atoms. The van der Waals surface area contributed by atoms with Crippen LogP contribution in [0, 0.1) is 13.8 Å². The molecule has 0 saturated carbocycles. The van der Waals surface area contributed by atoms with Gasteiger partial charge in [0.05, 0.1) is 0 Å². The molecule has 1 aliphatic heterocycles. The number of aromatic hydroxyl groups is 1. The summed E-state index contributed by atoms with van der Waals surface area (Å²) in [5, 5.41) is 12.5. The molecule has 2 aromatic carbocycles. The molecule has 116 valence electrons. The van der Waals surface area contributed by atoms with Crippen molar-refractivity contribution in [2.24, 2.45) is 0 Å².